The predicted molar refractivity (Wildman–Crippen MR) is 168 cm³/mol. The minimum Gasteiger partial charge on any atom is -0.381 e. The fraction of sp³-hybridized carbons (Fsp3) is 0.364. The number of hydrogen-bond acceptors (Lipinski definition) is 6. The van der Waals surface area contributed by atoms with Crippen molar-refractivity contribution in [2.75, 3.05) is 37.1 Å². The van der Waals surface area contributed by atoms with Gasteiger partial charge in [-0.25, -0.2) is 8.42 Å². The average molecular weight is 591 g/mol. The van der Waals surface area contributed by atoms with Crippen molar-refractivity contribution < 1.29 is 17.9 Å². The van der Waals surface area contributed by atoms with E-state index in [1.54, 1.807) is 12.1 Å². The van der Waals surface area contributed by atoms with Crippen molar-refractivity contribution in [2.24, 2.45) is 0 Å². The van der Waals surface area contributed by atoms with E-state index in [2.05, 4.69) is 48.5 Å². The molecule has 1 amide bonds. The Hall–Kier alpha value is -2.91. The van der Waals surface area contributed by atoms with E-state index in [1.807, 2.05) is 48.2 Å². The number of thioether (sulfide) groups is 1. The number of fused-ring (bicyclic) bond motifs is 1. The second kappa shape index (κ2) is 13.4. The summed E-state index contributed by atoms with van der Waals surface area (Å²) < 4.78 is 31.6. The highest BCUT2D eigenvalue weighted by molar-refractivity contribution is 7.99. The Bertz CT molecular complexity index is 1490. The monoisotopic (exact) mass is 590 g/mol. The SMILES string of the molecule is CCCSc1ccc(-c2ccc3c(c2)C=C(C(=O)Nc2ccc(CN(C)C4CCOCC4)cc2)CCS3(=O)=O)cc1. The first-order valence-corrected chi connectivity index (χ1v) is 16.9. The van der Waals surface area contributed by atoms with Crippen LogP contribution in [0.1, 0.15) is 43.7 Å². The number of nitrogens with one attached hydrogen (secondary N) is 1. The zero-order valence-corrected chi connectivity index (χ0v) is 25.4. The number of hydrogen-bond donors (Lipinski definition) is 1. The molecular weight excluding hydrogens is 553 g/mol. The van der Waals surface area contributed by atoms with Gasteiger partial charge in [-0.05, 0) is 103 Å². The van der Waals surface area contributed by atoms with E-state index >= 15 is 0 Å². The van der Waals surface area contributed by atoms with Gasteiger partial charge in [0.15, 0.2) is 9.84 Å². The number of rotatable bonds is 9. The van der Waals surface area contributed by atoms with Crippen LogP contribution < -0.4 is 5.32 Å². The summed E-state index contributed by atoms with van der Waals surface area (Å²) in [6.07, 6.45) is 5.11. The lowest BCUT2D eigenvalue weighted by Gasteiger charge is -2.31. The summed E-state index contributed by atoms with van der Waals surface area (Å²) in [6.45, 7) is 4.63. The minimum atomic E-state index is -3.51. The van der Waals surface area contributed by atoms with Crippen molar-refractivity contribution in [1.82, 2.24) is 4.90 Å². The Morgan fingerprint density at radius 3 is 2.41 bits per heavy atom. The van der Waals surface area contributed by atoms with Gasteiger partial charge < -0.3 is 10.1 Å². The van der Waals surface area contributed by atoms with Crippen molar-refractivity contribution in [3.05, 3.63) is 83.4 Å². The molecule has 0 unspecified atom stereocenters. The first-order chi connectivity index (χ1) is 19.8. The summed E-state index contributed by atoms with van der Waals surface area (Å²) in [7, 11) is -1.37. The molecule has 2 heterocycles. The summed E-state index contributed by atoms with van der Waals surface area (Å²) in [4.78, 5) is 17.1. The van der Waals surface area contributed by atoms with E-state index in [0.717, 1.165) is 55.9 Å². The van der Waals surface area contributed by atoms with Gasteiger partial charge in [-0.15, -0.1) is 11.8 Å². The molecule has 41 heavy (non-hydrogen) atoms. The Morgan fingerprint density at radius 1 is 1.00 bits per heavy atom. The van der Waals surface area contributed by atoms with E-state index in [4.69, 9.17) is 4.74 Å². The molecule has 0 saturated carbocycles. The van der Waals surface area contributed by atoms with Crippen LogP contribution in [0, 0.1) is 0 Å². The third-order valence-corrected chi connectivity index (χ3v) is 10.7. The molecule has 3 aromatic carbocycles. The van der Waals surface area contributed by atoms with E-state index < -0.39 is 9.84 Å². The smallest absolute Gasteiger partial charge is 0.251 e. The molecular formula is C33H38N2O4S2. The normalized spacial score (nSPS) is 17.0. The van der Waals surface area contributed by atoms with Gasteiger partial charge in [0.2, 0.25) is 0 Å². The maximum Gasteiger partial charge on any atom is 0.251 e. The number of carbonyl (C=O) groups excluding carboxylic acids is 1. The van der Waals surface area contributed by atoms with Gasteiger partial charge in [-0.1, -0.05) is 37.3 Å². The van der Waals surface area contributed by atoms with E-state index in [-0.39, 0.29) is 23.0 Å². The van der Waals surface area contributed by atoms with Crippen LogP contribution in [-0.2, 0) is 25.9 Å². The Kier molecular flexibility index (Phi) is 9.65. The lowest BCUT2D eigenvalue weighted by molar-refractivity contribution is -0.112. The quantitative estimate of drug-likeness (QED) is 0.281. The van der Waals surface area contributed by atoms with Gasteiger partial charge in [0.05, 0.1) is 10.6 Å². The Labute approximate surface area is 248 Å². The molecule has 216 valence electrons. The summed E-state index contributed by atoms with van der Waals surface area (Å²) in [5, 5.41) is 2.98. The highest BCUT2D eigenvalue weighted by atomic mass is 32.2. The second-order valence-electron chi connectivity index (χ2n) is 10.8. The molecule has 8 heteroatoms. The van der Waals surface area contributed by atoms with Crippen molar-refractivity contribution in [3.63, 3.8) is 0 Å². The van der Waals surface area contributed by atoms with Crippen molar-refractivity contribution in [2.45, 2.75) is 55.0 Å². The molecule has 0 aromatic heterocycles. The van der Waals surface area contributed by atoms with Crippen LogP contribution in [0.15, 0.2) is 82.1 Å². The molecule has 0 aliphatic carbocycles. The lowest BCUT2D eigenvalue weighted by atomic mass is 10.0. The third kappa shape index (κ3) is 7.49. The van der Waals surface area contributed by atoms with Crippen molar-refractivity contribution in [1.29, 1.82) is 0 Å². The molecule has 3 aromatic rings. The molecule has 0 radical (unpaired) electrons. The molecule has 1 N–H and O–H groups in total. The number of nitrogens with zero attached hydrogens (tertiary/aromatic N) is 1. The molecule has 0 spiro atoms. The third-order valence-electron chi connectivity index (χ3n) is 7.72. The van der Waals surface area contributed by atoms with Crippen LogP contribution in [0.4, 0.5) is 5.69 Å². The summed E-state index contributed by atoms with van der Waals surface area (Å²) in [5.74, 6) is 0.700. The molecule has 0 atom stereocenters. The molecule has 0 bridgehead atoms. The minimum absolute atomic E-state index is 0.0978. The van der Waals surface area contributed by atoms with Crippen molar-refractivity contribution >= 4 is 39.3 Å². The van der Waals surface area contributed by atoms with Gasteiger partial charge in [0.25, 0.3) is 5.91 Å². The zero-order valence-electron chi connectivity index (χ0n) is 23.8. The van der Waals surface area contributed by atoms with Gasteiger partial charge >= 0.3 is 0 Å². The van der Waals surface area contributed by atoms with Crippen LogP contribution in [-0.4, -0.2) is 57.0 Å². The van der Waals surface area contributed by atoms with Crippen LogP contribution in [0.2, 0.25) is 0 Å². The highest BCUT2D eigenvalue weighted by Crippen LogP contribution is 2.32. The van der Waals surface area contributed by atoms with Crippen molar-refractivity contribution in [3.8, 4) is 11.1 Å². The number of sulfone groups is 1. The molecule has 1 saturated heterocycles. The van der Waals surface area contributed by atoms with Crippen LogP contribution in [0.25, 0.3) is 17.2 Å². The largest absolute Gasteiger partial charge is 0.381 e. The molecule has 2 aliphatic rings. The zero-order chi connectivity index (χ0) is 28.8. The van der Waals surface area contributed by atoms with Gasteiger partial charge in [-0.2, -0.15) is 0 Å². The van der Waals surface area contributed by atoms with E-state index in [0.29, 0.717) is 22.9 Å². The van der Waals surface area contributed by atoms with E-state index in [9.17, 15) is 13.2 Å². The number of ether oxygens (including phenoxy) is 1. The molecule has 2 aliphatic heterocycles. The standard InChI is InChI=1S/C33H38N2O4S2/c1-3-19-40-31-11-6-25(7-12-31)26-8-13-32-28(21-26)22-27(16-20-41(32,37)38)33(36)34-29-9-4-24(5-10-29)23-35(2)30-14-17-39-18-15-30/h4-13,21-22,30H,3,14-20,23H2,1-2H3,(H,34,36). The number of anilines is 1. The van der Waals surface area contributed by atoms with Crippen LogP contribution in [0.5, 0.6) is 0 Å². The second-order valence-corrected chi connectivity index (χ2v) is 14.0. The molecule has 1 fully saturated rings. The average Bonchev–Trinajstić information content (AvgIpc) is 3.13. The van der Waals surface area contributed by atoms with E-state index in [1.165, 1.54) is 10.5 Å². The lowest BCUT2D eigenvalue weighted by Crippen LogP contribution is -2.36. The number of carbonyl (C=O) groups is 1. The van der Waals surface area contributed by atoms with Crippen LogP contribution >= 0.6 is 11.8 Å². The first kappa shape index (κ1) is 29.6. The molecule has 5 rings (SSSR count). The first-order valence-electron chi connectivity index (χ1n) is 14.3. The van der Waals surface area contributed by atoms with Gasteiger partial charge in [0, 0.05) is 42.0 Å². The predicted octanol–water partition coefficient (Wildman–Crippen LogP) is 6.67. The maximum atomic E-state index is 13.3. The summed E-state index contributed by atoms with van der Waals surface area (Å²) in [5.41, 5.74) is 4.81. The Morgan fingerprint density at radius 2 is 1.71 bits per heavy atom. The topological polar surface area (TPSA) is 75.7 Å². The number of amides is 1. The fourth-order valence-electron chi connectivity index (χ4n) is 5.33. The molecule has 6 nitrogen and oxygen atoms in total. The van der Waals surface area contributed by atoms with Crippen LogP contribution in [0.3, 0.4) is 0 Å². The van der Waals surface area contributed by atoms with Gasteiger partial charge in [-0.3, -0.25) is 9.69 Å². The maximum absolute atomic E-state index is 13.3. The fourth-order valence-corrected chi connectivity index (χ4v) is 7.56. The summed E-state index contributed by atoms with van der Waals surface area (Å²) >= 11 is 1.82. The number of benzene rings is 3. The van der Waals surface area contributed by atoms with Gasteiger partial charge in [0.1, 0.15) is 0 Å². The highest BCUT2D eigenvalue weighted by Gasteiger charge is 2.25. The Balaban J connectivity index is 1.30. The summed E-state index contributed by atoms with van der Waals surface area (Å²) in [6, 6.07) is 22.1.